The van der Waals surface area contributed by atoms with Crippen molar-refractivity contribution in [2.45, 2.75) is 26.8 Å². The first-order valence-electron chi connectivity index (χ1n) is 7.35. The van der Waals surface area contributed by atoms with Crippen LogP contribution in [-0.4, -0.2) is 26.8 Å². The summed E-state index contributed by atoms with van der Waals surface area (Å²) < 4.78 is 1.93. The Kier molecular flexibility index (Phi) is 5.30. The van der Waals surface area contributed by atoms with E-state index in [1.54, 1.807) is 12.3 Å². The minimum absolute atomic E-state index is 0.530. The van der Waals surface area contributed by atoms with Crippen molar-refractivity contribution in [3.8, 4) is 11.1 Å². The Morgan fingerprint density at radius 3 is 2.86 bits per heavy atom. The summed E-state index contributed by atoms with van der Waals surface area (Å²) in [6.45, 7) is 8.70. The van der Waals surface area contributed by atoms with Crippen molar-refractivity contribution in [2.24, 2.45) is 0 Å². The van der Waals surface area contributed by atoms with Gasteiger partial charge < -0.3 is 10.6 Å². The third-order valence-electron chi connectivity index (χ3n) is 3.21. The van der Waals surface area contributed by atoms with Gasteiger partial charge in [-0.05, 0) is 19.4 Å². The maximum Gasteiger partial charge on any atom is 0.229 e. The molecule has 0 aliphatic carbocycles. The number of aromatic nitrogens is 4. The molecule has 2 heterocycles. The molecule has 2 rings (SSSR count). The number of rotatable bonds is 7. The number of anilines is 2. The Hall–Kier alpha value is -2.63. The van der Waals surface area contributed by atoms with E-state index in [1.165, 1.54) is 0 Å². The second-order valence-corrected chi connectivity index (χ2v) is 4.77. The average Bonchev–Trinajstić information content (AvgIpc) is 3.01. The molecule has 0 amide bonds. The molecule has 6 nitrogen and oxygen atoms in total. The Balaban J connectivity index is 2.30. The predicted molar refractivity (Wildman–Crippen MR) is 90.7 cm³/mol. The molecule has 2 aromatic rings. The minimum Gasteiger partial charge on any atom is -0.372 e. The van der Waals surface area contributed by atoms with Gasteiger partial charge in [0.1, 0.15) is 5.82 Å². The summed E-state index contributed by atoms with van der Waals surface area (Å²) in [6.07, 6.45) is 10.3. The average molecular weight is 298 g/mol. The minimum atomic E-state index is 0.530. The highest BCUT2D eigenvalue weighted by Crippen LogP contribution is 2.26. The molecule has 0 aromatic carbocycles. The number of nitrogens with one attached hydrogen (secondary N) is 2. The predicted octanol–water partition coefficient (Wildman–Crippen LogP) is 3.29. The third-order valence-corrected chi connectivity index (χ3v) is 3.21. The molecule has 116 valence electrons. The quantitative estimate of drug-likeness (QED) is 0.768. The van der Waals surface area contributed by atoms with Crippen molar-refractivity contribution in [1.82, 2.24) is 19.7 Å². The SMILES string of the molecule is C=C/C(=C\C)Nc1ncc(-c2cnn(CCC)c2)c(NC)n1. The van der Waals surface area contributed by atoms with E-state index in [2.05, 4.69) is 39.2 Å². The van der Waals surface area contributed by atoms with E-state index < -0.39 is 0 Å². The summed E-state index contributed by atoms with van der Waals surface area (Å²) in [4.78, 5) is 8.87. The number of allylic oxidation sites excluding steroid dienone is 2. The largest absolute Gasteiger partial charge is 0.372 e. The fourth-order valence-corrected chi connectivity index (χ4v) is 2.07. The molecule has 6 heteroatoms. The van der Waals surface area contributed by atoms with Crippen LogP contribution in [0.1, 0.15) is 20.3 Å². The Morgan fingerprint density at radius 2 is 2.23 bits per heavy atom. The summed E-state index contributed by atoms with van der Waals surface area (Å²) in [5.41, 5.74) is 2.79. The second kappa shape index (κ2) is 7.40. The number of hydrogen-bond donors (Lipinski definition) is 2. The van der Waals surface area contributed by atoms with Crippen LogP contribution in [0.4, 0.5) is 11.8 Å². The van der Waals surface area contributed by atoms with Gasteiger partial charge in [0.25, 0.3) is 0 Å². The molecule has 2 N–H and O–H groups in total. The molecule has 0 bridgehead atoms. The topological polar surface area (TPSA) is 67.7 Å². The van der Waals surface area contributed by atoms with Gasteiger partial charge in [-0.2, -0.15) is 10.1 Å². The van der Waals surface area contributed by atoms with Crippen LogP contribution in [0.15, 0.2) is 43.0 Å². The summed E-state index contributed by atoms with van der Waals surface area (Å²) in [6, 6.07) is 0. The van der Waals surface area contributed by atoms with Gasteiger partial charge in [0, 0.05) is 42.8 Å². The Bertz CT molecular complexity index is 671. The second-order valence-electron chi connectivity index (χ2n) is 4.77. The maximum absolute atomic E-state index is 4.50. The summed E-state index contributed by atoms with van der Waals surface area (Å²) in [7, 11) is 1.84. The van der Waals surface area contributed by atoms with Crippen LogP contribution in [0, 0.1) is 0 Å². The lowest BCUT2D eigenvalue weighted by Gasteiger charge is -2.10. The summed E-state index contributed by atoms with van der Waals surface area (Å²) in [5.74, 6) is 1.29. The Labute approximate surface area is 131 Å². The lowest BCUT2D eigenvalue weighted by atomic mass is 10.2. The van der Waals surface area contributed by atoms with Crippen molar-refractivity contribution in [3.05, 3.63) is 43.0 Å². The van der Waals surface area contributed by atoms with E-state index in [-0.39, 0.29) is 0 Å². The molecule has 0 aliphatic rings. The zero-order valence-electron chi connectivity index (χ0n) is 13.3. The fraction of sp³-hybridized carbons (Fsp3) is 0.312. The lowest BCUT2D eigenvalue weighted by Crippen LogP contribution is -2.05. The van der Waals surface area contributed by atoms with Crippen molar-refractivity contribution < 1.29 is 0 Å². The van der Waals surface area contributed by atoms with Crippen LogP contribution in [-0.2, 0) is 6.54 Å². The maximum atomic E-state index is 4.50. The first-order chi connectivity index (χ1) is 10.7. The molecule has 0 saturated heterocycles. The standard InChI is InChI=1S/C16H22N6/c1-5-8-22-11-12(9-19-22)14-10-18-16(21-15(14)17-4)20-13(6-2)7-3/h6-7,9-11H,2,5,8H2,1,3-4H3,(H2,17,18,20,21)/b13-7+. The molecule has 0 atom stereocenters. The number of hydrogen-bond acceptors (Lipinski definition) is 5. The van der Waals surface area contributed by atoms with Crippen molar-refractivity contribution >= 4 is 11.8 Å². The number of aryl methyl sites for hydroxylation is 1. The van der Waals surface area contributed by atoms with E-state index in [4.69, 9.17) is 0 Å². The van der Waals surface area contributed by atoms with E-state index in [0.29, 0.717) is 5.95 Å². The third kappa shape index (κ3) is 3.52. The van der Waals surface area contributed by atoms with E-state index in [1.807, 2.05) is 37.1 Å². The van der Waals surface area contributed by atoms with Crippen LogP contribution in [0.25, 0.3) is 11.1 Å². The molecule has 0 saturated carbocycles. The highest BCUT2D eigenvalue weighted by atomic mass is 15.3. The molecule has 22 heavy (non-hydrogen) atoms. The summed E-state index contributed by atoms with van der Waals surface area (Å²) >= 11 is 0. The zero-order chi connectivity index (χ0) is 15.9. The lowest BCUT2D eigenvalue weighted by molar-refractivity contribution is 0.603. The van der Waals surface area contributed by atoms with Crippen LogP contribution < -0.4 is 10.6 Å². The van der Waals surface area contributed by atoms with Crippen molar-refractivity contribution in [1.29, 1.82) is 0 Å². The fourth-order valence-electron chi connectivity index (χ4n) is 2.07. The molecular weight excluding hydrogens is 276 g/mol. The van der Waals surface area contributed by atoms with Gasteiger partial charge in [-0.15, -0.1) is 0 Å². The Morgan fingerprint density at radius 1 is 1.41 bits per heavy atom. The van der Waals surface area contributed by atoms with Gasteiger partial charge in [-0.25, -0.2) is 4.98 Å². The monoisotopic (exact) mass is 298 g/mol. The molecule has 0 spiro atoms. The van der Waals surface area contributed by atoms with E-state index in [9.17, 15) is 0 Å². The van der Waals surface area contributed by atoms with Crippen LogP contribution >= 0.6 is 0 Å². The normalized spacial score (nSPS) is 11.3. The van der Waals surface area contributed by atoms with Gasteiger partial charge in [-0.3, -0.25) is 4.68 Å². The highest BCUT2D eigenvalue weighted by Gasteiger charge is 2.10. The first-order valence-corrected chi connectivity index (χ1v) is 7.35. The smallest absolute Gasteiger partial charge is 0.229 e. The molecular formula is C16H22N6. The van der Waals surface area contributed by atoms with Gasteiger partial charge in [0.05, 0.1) is 6.20 Å². The van der Waals surface area contributed by atoms with E-state index in [0.717, 1.165) is 35.6 Å². The van der Waals surface area contributed by atoms with Gasteiger partial charge in [0.15, 0.2) is 0 Å². The van der Waals surface area contributed by atoms with Gasteiger partial charge >= 0.3 is 0 Å². The molecule has 0 radical (unpaired) electrons. The first kappa shape index (κ1) is 15.8. The van der Waals surface area contributed by atoms with Crippen LogP contribution in [0.5, 0.6) is 0 Å². The molecule has 0 aliphatic heterocycles. The van der Waals surface area contributed by atoms with Crippen LogP contribution in [0.2, 0.25) is 0 Å². The van der Waals surface area contributed by atoms with Crippen molar-refractivity contribution in [3.63, 3.8) is 0 Å². The van der Waals surface area contributed by atoms with E-state index >= 15 is 0 Å². The summed E-state index contributed by atoms with van der Waals surface area (Å²) in [5, 5.41) is 10.6. The molecule has 0 unspecified atom stereocenters. The van der Waals surface area contributed by atoms with Gasteiger partial charge in [0.2, 0.25) is 5.95 Å². The number of nitrogens with zero attached hydrogens (tertiary/aromatic N) is 4. The highest BCUT2D eigenvalue weighted by molar-refractivity contribution is 5.74. The molecule has 2 aromatic heterocycles. The zero-order valence-corrected chi connectivity index (χ0v) is 13.3. The van der Waals surface area contributed by atoms with Crippen LogP contribution in [0.3, 0.4) is 0 Å². The molecule has 0 fully saturated rings. The van der Waals surface area contributed by atoms with Crippen molar-refractivity contribution in [2.75, 3.05) is 17.7 Å². The van der Waals surface area contributed by atoms with Gasteiger partial charge in [-0.1, -0.05) is 19.6 Å².